The first-order chi connectivity index (χ1) is 14.4. The van der Waals surface area contributed by atoms with E-state index >= 15 is 0 Å². The average Bonchev–Trinajstić information content (AvgIpc) is 2.72. The molecule has 2 aromatic rings. The van der Waals surface area contributed by atoms with Gasteiger partial charge in [0.05, 0.1) is 27.3 Å². The Balaban J connectivity index is 1.73. The van der Waals surface area contributed by atoms with E-state index in [1.54, 1.807) is 6.07 Å². The van der Waals surface area contributed by atoms with Crippen LogP contribution in [0, 0.1) is 27.3 Å². The molecule has 0 aromatic heterocycles. The molecule has 2 N–H and O–H groups in total. The fourth-order valence-electron chi connectivity index (χ4n) is 2.96. The number of nitrogens with zero attached hydrogens (tertiary/aromatic N) is 2. The maximum Gasteiger partial charge on any atom is 0.269 e. The number of nitro groups is 1. The number of hydrogen-bond donors (Lipinski definition) is 2. The zero-order chi connectivity index (χ0) is 21.7. The van der Waals surface area contributed by atoms with E-state index in [1.807, 2.05) is 6.07 Å². The summed E-state index contributed by atoms with van der Waals surface area (Å²) in [7, 11) is 0. The molecular formula is C20H15FN4O4S. The highest BCUT2D eigenvalue weighted by Gasteiger charge is 2.31. The van der Waals surface area contributed by atoms with Crippen LogP contribution in [-0.2, 0) is 9.59 Å². The number of hydrogen-bond acceptors (Lipinski definition) is 6. The molecule has 0 saturated carbocycles. The molecule has 0 radical (unpaired) electrons. The molecule has 1 aliphatic heterocycles. The molecule has 152 valence electrons. The first kappa shape index (κ1) is 21.0. The van der Waals surface area contributed by atoms with Gasteiger partial charge in [0.2, 0.25) is 11.8 Å². The van der Waals surface area contributed by atoms with Crippen molar-refractivity contribution in [2.24, 2.45) is 0 Å². The van der Waals surface area contributed by atoms with Crippen LogP contribution in [0.15, 0.2) is 59.1 Å². The fraction of sp³-hybridized carbons (Fsp3) is 0.150. The van der Waals surface area contributed by atoms with Crippen LogP contribution in [0.2, 0.25) is 0 Å². The Hall–Kier alpha value is -3.71. The van der Waals surface area contributed by atoms with Gasteiger partial charge in [0.25, 0.3) is 5.69 Å². The molecule has 30 heavy (non-hydrogen) atoms. The van der Waals surface area contributed by atoms with Crippen molar-refractivity contribution in [3.05, 3.63) is 80.6 Å². The Morgan fingerprint density at radius 1 is 1.30 bits per heavy atom. The molecule has 1 heterocycles. The van der Waals surface area contributed by atoms with Gasteiger partial charge in [-0.15, -0.1) is 0 Å². The molecule has 0 aliphatic carbocycles. The third kappa shape index (κ3) is 4.82. The quantitative estimate of drug-likeness (QED) is 0.538. The number of thioether (sulfide) groups is 1. The molecule has 0 spiro atoms. The number of nitro benzene ring substituents is 1. The summed E-state index contributed by atoms with van der Waals surface area (Å²) < 4.78 is 14.2. The molecule has 2 amide bonds. The summed E-state index contributed by atoms with van der Waals surface area (Å²) in [4.78, 5) is 34.4. The van der Waals surface area contributed by atoms with Gasteiger partial charge in [-0.3, -0.25) is 19.7 Å². The molecule has 0 saturated heterocycles. The number of carbonyl (C=O) groups is 2. The SMILES string of the molecule is N#CC1=C(SCC(=O)Nc2ccc([N+](=O)[O-])cc2)NC(=O)C[C@@H]1c1ccccc1F. The molecule has 0 bridgehead atoms. The first-order valence-electron chi connectivity index (χ1n) is 8.74. The monoisotopic (exact) mass is 426 g/mol. The van der Waals surface area contributed by atoms with E-state index in [0.29, 0.717) is 5.69 Å². The maximum atomic E-state index is 14.2. The van der Waals surface area contributed by atoms with Crippen LogP contribution < -0.4 is 10.6 Å². The molecule has 2 aromatic carbocycles. The highest BCUT2D eigenvalue weighted by molar-refractivity contribution is 8.03. The zero-order valence-electron chi connectivity index (χ0n) is 15.4. The Bertz CT molecular complexity index is 1080. The zero-order valence-corrected chi connectivity index (χ0v) is 16.2. The molecule has 1 atom stereocenters. The second kappa shape index (κ2) is 9.19. The number of non-ortho nitro benzene ring substituents is 1. The maximum absolute atomic E-state index is 14.2. The summed E-state index contributed by atoms with van der Waals surface area (Å²) in [5, 5.41) is 25.6. The van der Waals surface area contributed by atoms with Crippen molar-refractivity contribution in [1.82, 2.24) is 5.32 Å². The summed E-state index contributed by atoms with van der Waals surface area (Å²) in [5.74, 6) is -2.17. The summed E-state index contributed by atoms with van der Waals surface area (Å²) in [6, 6.07) is 13.3. The normalized spacial score (nSPS) is 15.9. The predicted octanol–water partition coefficient (Wildman–Crippen LogP) is 3.44. The molecule has 8 nitrogen and oxygen atoms in total. The summed E-state index contributed by atoms with van der Waals surface area (Å²) in [6.45, 7) is 0. The summed E-state index contributed by atoms with van der Waals surface area (Å²) in [5.41, 5.74) is 0.707. The van der Waals surface area contributed by atoms with Gasteiger partial charge in [-0.2, -0.15) is 5.26 Å². The van der Waals surface area contributed by atoms with Crippen LogP contribution in [0.5, 0.6) is 0 Å². The van der Waals surface area contributed by atoms with E-state index in [0.717, 1.165) is 11.8 Å². The standard InChI is InChI=1S/C20H15FN4O4S/c21-17-4-2-1-3-14(17)15-9-18(26)24-20(16(15)10-22)30-11-19(27)23-12-5-7-13(8-6-12)25(28)29/h1-8,15H,9,11H2,(H,23,27)(H,24,26)/t15-/m1/s1. The van der Waals surface area contributed by atoms with E-state index in [4.69, 9.17) is 0 Å². The molecule has 10 heteroatoms. The minimum atomic E-state index is -0.731. The molecule has 1 aliphatic rings. The van der Waals surface area contributed by atoms with Crippen LogP contribution >= 0.6 is 11.8 Å². The Kier molecular flexibility index (Phi) is 6.44. The Morgan fingerprint density at radius 3 is 2.63 bits per heavy atom. The first-order valence-corrected chi connectivity index (χ1v) is 9.73. The molecule has 0 unspecified atom stereocenters. The number of benzene rings is 2. The highest BCUT2D eigenvalue weighted by Crippen LogP contribution is 2.36. The van der Waals surface area contributed by atoms with Gasteiger partial charge in [0, 0.05) is 30.2 Å². The number of nitrogens with one attached hydrogen (secondary N) is 2. The van der Waals surface area contributed by atoms with Gasteiger partial charge in [-0.1, -0.05) is 30.0 Å². The fourth-order valence-corrected chi connectivity index (χ4v) is 3.83. The minimum absolute atomic E-state index is 0.0666. The number of amides is 2. The smallest absolute Gasteiger partial charge is 0.269 e. The van der Waals surface area contributed by atoms with Gasteiger partial charge in [0.1, 0.15) is 5.82 Å². The lowest BCUT2D eigenvalue weighted by molar-refractivity contribution is -0.384. The summed E-state index contributed by atoms with van der Waals surface area (Å²) in [6.07, 6.45) is -0.0666. The van der Waals surface area contributed by atoms with Crippen molar-refractivity contribution in [1.29, 1.82) is 5.26 Å². The molecular weight excluding hydrogens is 411 g/mol. The van der Waals surface area contributed by atoms with Crippen molar-refractivity contribution in [3.8, 4) is 6.07 Å². The van der Waals surface area contributed by atoms with E-state index in [2.05, 4.69) is 10.6 Å². The van der Waals surface area contributed by atoms with Crippen LogP contribution in [-0.4, -0.2) is 22.5 Å². The van der Waals surface area contributed by atoms with Crippen molar-refractivity contribution < 1.29 is 18.9 Å². The van der Waals surface area contributed by atoms with Crippen molar-refractivity contribution in [3.63, 3.8) is 0 Å². The van der Waals surface area contributed by atoms with E-state index in [-0.39, 0.29) is 39.9 Å². The number of allylic oxidation sites excluding steroid dienone is 1. The number of anilines is 1. The number of carbonyl (C=O) groups excluding carboxylic acids is 2. The van der Waals surface area contributed by atoms with Gasteiger partial charge in [0.15, 0.2) is 0 Å². The highest BCUT2D eigenvalue weighted by atomic mass is 32.2. The van der Waals surface area contributed by atoms with Crippen molar-refractivity contribution in [2.45, 2.75) is 12.3 Å². The summed E-state index contributed by atoms with van der Waals surface area (Å²) >= 11 is 0.956. The Labute approximate surface area is 174 Å². The van der Waals surface area contributed by atoms with E-state index in [1.165, 1.54) is 42.5 Å². The minimum Gasteiger partial charge on any atom is -0.325 e. The van der Waals surface area contributed by atoms with Crippen LogP contribution in [0.3, 0.4) is 0 Å². The van der Waals surface area contributed by atoms with Crippen LogP contribution in [0.4, 0.5) is 15.8 Å². The Morgan fingerprint density at radius 2 is 2.00 bits per heavy atom. The largest absolute Gasteiger partial charge is 0.325 e. The van der Waals surface area contributed by atoms with Gasteiger partial charge >= 0.3 is 0 Å². The van der Waals surface area contributed by atoms with Crippen molar-refractivity contribution >= 4 is 35.0 Å². The van der Waals surface area contributed by atoms with E-state index in [9.17, 15) is 29.4 Å². The number of rotatable bonds is 6. The lowest BCUT2D eigenvalue weighted by Crippen LogP contribution is -2.31. The third-order valence-electron chi connectivity index (χ3n) is 4.35. The number of halogens is 1. The van der Waals surface area contributed by atoms with Crippen molar-refractivity contribution in [2.75, 3.05) is 11.1 Å². The second-order valence-corrected chi connectivity index (χ2v) is 7.31. The third-order valence-corrected chi connectivity index (χ3v) is 5.36. The van der Waals surface area contributed by atoms with Crippen LogP contribution in [0.25, 0.3) is 0 Å². The van der Waals surface area contributed by atoms with Crippen LogP contribution in [0.1, 0.15) is 17.9 Å². The average molecular weight is 426 g/mol. The second-order valence-electron chi connectivity index (χ2n) is 6.32. The van der Waals surface area contributed by atoms with E-state index < -0.39 is 22.6 Å². The lowest BCUT2D eigenvalue weighted by atomic mass is 9.87. The number of nitriles is 1. The molecule has 0 fully saturated rings. The molecule has 3 rings (SSSR count). The predicted molar refractivity (Wildman–Crippen MR) is 109 cm³/mol. The van der Waals surface area contributed by atoms with Gasteiger partial charge < -0.3 is 10.6 Å². The van der Waals surface area contributed by atoms with Gasteiger partial charge in [-0.25, -0.2) is 4.39 Å². The lowest BCUT2D eigenvalue weighted by Gasteiger charge is -2.25. The van der Waals surface area contributed by atoms with Gasteiger partial charge in [-0.05, 0) is 23.8 Å². The topological polar surface area (TPSA) is 125 Å².